The first-order chi connectivity index (χ1) is 14.2. The van der Waals surface area contributed by atoms with Gasteiger partial charge in [-0.15, -0.1) is 0 Å². The number of urea groups is 1. The predicted molar refractivity (Wildman–Crippen MR) is 115 cm³/mol. The molecule has 0 aliphatic carbocycles. The number of sulfonamides is 1. The Morgan fingerprint density at radius 3 is 2.57 bits per heavy atom. The van der Waals surface area contributed by atoms with Crippen molar-refractivity contribution in [1.82, 2.24) is 14.9 Å². The van der Waals surface area contributed by atoms with Gasteiger partial charge in [-0.3, -0.25) is 4.79 Å². The number of fused-ring (bicyclic) bond motifs is 1. The van der Waals surface area contributed by atoms with Crippen LogP contribution in [0.3, 0.4) is 0 Å². The zero-order valence-electron chi connectivity index (χ0n) is 16.1. The van der Waals surface area contributed by atoms with Gasteiger partial charge < -0.3 is 15.2 Å². The molecular weight excluding hydrogens is 430 g/mol. The molecule has 1 heterocycles. The maximum absolute atomic E-state index is 12.7. The van der Waals surface area contributed by atoms with Gasteiger partial charge in [0, 0.05) is 17.3 Å². The highest BCUT2D eigenvalue weighted by molar-refractivity contribution is 7.89. The molecule has 0 unspecified atom stereocenters. The number of carbonyl (C=O) groups excluding carboxylic acids is 1. The van der Waals surface area contributed by atoms with Crippen molar-refractivity contribution in [2.45, 2.75) is 24.8 Å². The van der Waals surface area contributed by atoms with E-state index >= 15 is 0 Å². The van der Waals surface area contributed by atoms with Crippen molar-refractivity contribution in [2.24, 2.45) is 5.14 Å². The van der Waals surface area contributed by atoms with Crippen LogP contribution in [0.2, 0.25) is 5.02 Å². The summed E-state index contributed by atoms with van der Waals surface area (Å²) in [5, 5.41) is 8.64. The van der Waals surface area contributed by atoms with E-state index in [1.807, 2.05) is 6.92 Å². The minimum Gasteiger partial charge on any atom is -0.317 e. The largest absolute Gasteiger partial charge is 0.322 e. The monoisotopic (exact) mass is 449 g/mol. The number of hydrogen-bond donors (Lipinski definition) is 3. The second-order valence-corrected chi connectivity index (χ2v) is 8.59. The fourth-order valence-electron chi connectivity index (χ4n) is 2.87. The van der Waals surface area contributed by atoms with E-state index in [0.717, 1.165) is 0 Å². The molecule has 0 radical (unpaired) electrons. The second-order valence-electron chi connectivity index (χ2n) is 6.60. The zero-order valence-corrected chi connectivity index (χ0v) is 17.6. The number of nitrogens with zero attached hydrogens (tertiary/aromatic N) is 2. The van der Waals surface area contributed by atoms with Crippen LogP contribution in [0.15, 0.2) is 52.2 Å². The third kappa shape index (κ3) is 5.15. The molecule has 2 aromatic carbocycles. The number of anilines is 1. The molecular formula is C19H20ClN5O4S. The van der Waals surface area contributed by atoms with Crippen LogP contribution in [0.1, 0.15) is 19.2 Å². The zero-order chi connectivity index (χ0) is 21.9. The predicted octanol–water partition coefficient (Wildman–Crippen LogP) is 2.67. The van der Waals surface area contributed by atoms with Crippen LogP contribution in [-0.2, 0) is 16.6 Å². The number of carbonyl (C=O) groups is 1. The van der Waals surface area contributed by atoms with Crippen LogP contribution in [0, 0.1) is 0 Å². The summed E-state index contributed by atoms with van der Waals surface area (Å²) in [6.07, 6.45) is 0.682. The summed E-state index contributed by atoms with van der Waals surface area (Å²) in [7, 11) is -3.81. The fourth-order valence-corrected chi connectivity index (χ4v) is 3.55. The lowest BCUT2D eigenvalue weighted by Crippen LogP contribution is -2.36. The highest BCUT2D eigenvalue weighted by Crippen LogP contribution is 2.16. The maximum Gasteiger partial charge on any atom is 0.322 e. The summed E-state index contributed by atoms with van der Waals surface area (Å²) in [5.41, 5.74) is 0.527. The van der Waals surface area contributed by atoms with Gasteiger partial charge in [0.15, 0.2) is 0 Å². The third-order valence-electron chi connectivity index (χ3n) is 4.27. The van der Waals surface area contributed by atoms with Gasteiger partial charge in [0.05, 0.1) is 22.3 Å². The van der Waals surface area contributed by atoms with Crippen molar-refractivity contribution in [1.29, 1.82) is 0 Å². The minimum absolute atomic E-state index is 0.0532. The molecule has 30 heavy (non-hydrogen) atoms. The van der Waals surface area contributed by atoms with Gasteiger partial charge in [-0.05, 0) is 48.9 Å². The first kappa shape index (κ1) is 21.8. The highest BCUT2D eigenvalue weighted by Gasteiger charge is 2.16. The topological polar surface area (TPSA) is 138 Å². The van der Waals surface area contributed by atoms with E-state index in [0.29, 0.717) is 40.4 Å². The number of halogens is 1. The highest BCUT2D eigenvalue weighted by atomic mass is 35.5. The van der Waals surface area contributed by atoms with Gasteiger partial charge in [0.25, 0.3) is 5.56 Å². The van der Waals surface area contributed by atoms with E-state index in [1.54, 1.807) is 18.2 Å². The molecule has 9 nitrogen and oxygen atoms in total. The molecule has 0 aliphatic rings. The van der Waals surface area contributed by atoms with Crippen LogP contribution < -0.4 is 16.0 Å². The molecule has 0 saturated heterocycles. The van der Waals surface area contributed by atoms with Crippen LogP contribution in [0.4, 0.5) is 10.5 Å². The molecule has 0 aliphatic heterocycles. The summed E-state index contributed by atoms with van der Waals surface area (Å²) >= 11 is 5.99. The minimum atomic E-state index is -3.81. The summed E-state index contributed by atoms with van der Waals surface area (Å²) in [6.45, 7) is 2.41. The lowest BCUT2D eigenvalue weighted by atomic mass is 10.2. The molecule has 0 spiro atoms. The fraction of sp³-hybridized carbons (Fsp3) is 0.211. The van der Waals surface area contributed by atoms with Crippen LogP contribution >= 0.6 is 11.6 Å². The number of hydrogen-bond acceptors (Lipinski definition) is 5. The molecule has 1 aromatic heterocycles. The van der Waals surface area contributed by atoms with E-state index in [1.165, 1.54) is 29.2 Å². The summed E-state index contributed by atoms with van der Waals surface area (Å²) in [5.74, 6) is 0.322. The van der Waals surface area contributed by atoms with Crippen molar-refractivity contribution in [3.05, 3.63) is 63.7 Å². The standard InChI is InChI=1S/C19H20ClN5O4S/c1-2-9-25(19(27)22-13-4-6-14(7-5-13)30(21,28)29)11-17-23-16-10-12(20)3-8-15(16)18(26)24-17/h3-8,10H,2,9,11H2,1H3,(H,22,27)(H2,21,28,29)(H,23,24,26). The molecule has 11 heteroatoms. The smallest absolute Gasteiger partial charge is 0.317 e. The number of benzene rings is 2. The number of amides is 2. The molecule has 3 aromatic rings. The maximum atomic E-state index is 12.7. The van der Waals surface area contributed by atoms with Crippen molar-refractivity contribution < 1.29 is 13.2 Å². The lowest BCUT2D eigenvalue weighted by Gasteiger charge is -2.22. The lowest BCUT2D eigenvalue weighted by molar-refractivity contribution is 0.207. The van der Waals surface area contributed by atoms with Crippen LogP contribution in [0.5, 0.6) is 0 Å². The van der Waals surface area contributed by atoms with E-state index in [4.69, 9.17) is 16.7 Å². The number of nitrogens with two attached hydrogens (primary N) is 1. The molecule has 0 bridgehead atoms. The first-order valence-corrected chi connectivity index (χ1v) is 11.0. The Kier molecular flexibility index (Phi) is 6.40. The molecule has 158 valence electrons. The van der Waals surface area contributed by atoms with Crippen molar-refractivity contribution >= 4 is 44.2 Å². The van der Waals surface area contributed by atoms with E-state index in [9.17, 15) is 18.0 Å². The van der Waals surface area contributed by atoms with Crippen molar-refractivity contribution in [3.63, 3.8) is 0 Å². The Morgan fingerprint density at radius 2 is 1.93 bits per heavy atom. The van der Waals surface area contributed by atoms with Gasteiger partial charge in [0.2, 0.25) is 10.0 Å². The third-order valence-corrected chi connectivity index (χ3v) is 5.44. The van der Waals surface area contributed by atoms with Crippen LogP contribution in [-0.4, -0.2) is 35.9 Å². The summed E-state index contributed by atoms with van der Waals surface area (Å²) in [4.78, 5) is 33.6. The molecule has 0 saturated carbocycles. The SMILES string of the molecule is CCCN(Cc1nc2cc(Cl)ccc2c(=O)[nH]1)C(=O)Nc1ccc(S(N)(=O)=O)cc1. The molecule has 2 amide bonds. The molecule has 3 rings (SSSR count). The van der Waals surface area contributed by atoms with Crippen molar-refractivity contribution in [2.75, 3.05) is 11.9 Å². The van der Waals surface area contributed by atoms with E-state index < -0.39 is 16.1 Å². The first-order valence-electron chi connectivity index (χ1n) is 9.04. The Morgan fingerprint density at radius 1 is 1.23 bits per heavy atom. The molecule has 4 N–H and O–H groups in total. The molecule has 0 fully saturated rings. The summed E-state index contributed by atoms with van der Waals surface area (Å²) < 4.78 is 22.7. The van der Waals surface area contributed by atoms with Gasteiger partial charge >= 0.3 is 6.03 Å². The summed E-state index contributed by atoms with van der Waals surface area (Å²) in [6, 6.07) is 9.87. The second kappa shape index (κ2) is 8.82. The van der Waals surface area contributed by atoms with Crippen LogP contribution in [0.25, 0.3) is 10.9 Å². The number of rotatable bonds is 6. The van der Waals surface area contributed by atoms with Gasteiger partial charge in [-0.2, -0.15) is 0 Å². The average molecular weight is 450 g/mol. The van der Waals surface area contributed by atoms with E-state index in [-0.39, 0.29) is 17.0 Å². The van der Waals surface area contributed by atoms with Gasteiger partial charge in [0.1, 0.15) is 5.82 Å². The van der Waals surface area contributed by atoms with Gasteiger partial charge in [-0.1, -0.05) is 18.5 Å². The van der Waals surface area contributed by atoms with Gasteiger partial charge in [-0.25, -0.2) is 23.3 Å². The normalized spacial score (nSPS) is 11.4. The quantitative estimate of drug-likeness (QED) is 0.531. The average Bonchev–Trinajstić information content (AvgIpc) is 2.67. The number of H-pyrrole nitrogens is 1. The Balaban J connectivity index is 1.81. The van der Waals surface area contributed by atoms with E-state index in [2.05, 4.69) is 15.3 Å². The van der Waals surface area contributed by atoms with Crippen molar-refractivity contribution in [3.8, 4) is 0 Å². The Bertz CT molecular complexity index is 1240. The number of primary sulfonamides is 1. The Hall–Kier alpha value is -2.95. The number of aromatic amines is 1. The number of nitrogens with one attached hydrogen (secondary N) is 2. The molecule has 0 atom stereocenters. The Labute approximate surface area is 177 Å². The number of aromatic nitrogens is 2.